The summed E-state index contributed by atoms with van der Waals surface area (Å²) >= 11 is 0. The van der Waals surface area contributed by atoms with Crippen molar-refractivity contribution in [2.45, 2.75) is 39.7 Å². The Hall–Kier alpha value is -2.17. The Labute approximate surface area is 125 Å². The number of amides is 1. The molecule has 1 heterocycles. The molecule has 1 atom stereocenters. The lowest BCUT2D eigenvalue weighted by atomic mass is 10.0. The van der Waals surface area contributed by atoms with E-state index in [-0.39, 0.29) is 11.8 Å². The van der Waals surface area contributed by atoms with Crippen LogP contribution in [0.4, 0.5) is 5.69 Å². The highest BCUT2D eigenvalue weighted by Crippen LogP contribution is 2.18. The van der Waals surface area contributed by atoms with E-state index >= 15 is 0 Å². The van der Waals surface area contributed by atoms with E-state index in [2.05, 4.69) is 22.3 Å². The van der Waals surface area contributed by atoms with Crippen molar-refractivity contribution in [2.24, 2.45) is 5.92 Å². The van der Waals surface area contributed by atoms with Gasteiger partial charge in [-0.2, -0.15) is 5.10 Å². The molecule has 1 aromatic heterocycles. The van der Waals surface area contributed by atoms with Crippen LogP contribution in [0.15, 0.2) is 36.9 Å². The molecule has 0 saturated carbocycles. The Morgan fingerprint density at radius 1 is 1.38 bits per heavy atom. The van der Waals surface area contributed by atoms with Gasteiger partial charge in [0.1, 0.15) is 12.7 Å². The van der Waals surface area contributed by atoms with Crippen LogP contribution in [0.1, 0.15) is 38.7 Å². The smallest absolute Gasteiger partial charge is 0.227 e. The third-order valence-electron chi connectivity index (χ3n) is 3.51. The van der Waals surface area contributed by atoms with Crippen molar-refractivity contribution in [1.29, 1.82) is 0 Å². The summed E-state index contributed by atoms with van der Waals surface area (Å²) in [5.41, 5.74) is 1.88. The standard InChI is InChI=1S/C16H22N4O/c1-3-4-7-13(2)16(21)19-15-9-6-5-8-14(15)10-20-12-17-11-18-20/h5-6,8-9,11-13H,3-4,7,10H2,1-2H3,(H,19,21). The number of unbranched alkanes of at least 4 members (excludes halogenated alkanes) is 1. The normalized spacial score (nSPS) is 12.1. The molecule has 0 bridgehead atoms. The molecule has 1 N–H and O–H groups in total. The van der Waals surface area contributed by atoms with Gasteiger partial charge in [-0.1, -0.05) is 44.9 Å². The number of para-hydroxylation sites is 1. The second-order valence-electron chi connectivity index (χ2n) is 5.28. The number of benzene rings is 1. The SMILES string of the molecule is CCCCC(C)C(=O)Nc1ccccc1Cn1cncn1. The number of nitrogens with zero attached hydrogens (tertiary/aromatic N) is 3. The first-order valence-electron chi connectivity index (χ1n) is 7.42. The van der Waals surface area contributed by atoms with E-state index in [1.807, 2.05) is 31.2 Å². The molecule has 0 aliphatic heterocycles. The summed E-state index contributed by atoms with van der Waals surface area (Å²) in [6.07, 6.45) is 6.29. The molecule has 21 heavy (non-hydrogen) atoms. The Balaban J connectivity index is 2.04. The average molecular weight is 286 g/mol. The maximum atomic E-state index is 12.2. The fourth-order valence-corrected chi connectivity index (χ4v) is 2.17. The Bertz CT molecular complexity index is 565. The molecule has 0 fully saturated rings. The number of hydrogen-bond acceptors (Lipinski definition) is 3. The fraction of sp³-hybridized carbons (Fsp3) is 0.438. The van der Waals surface area contributed by atoms with Crippen LogP contribution < -0.4 is 5.32 Å². The minimum Gasteiger partial charge on any atom is -0.326 e. The monoisotopic (exact) mass is 286 g/mol. The van der Waals surface area contributed by atoms with Crippen LogP contribution in [0.25, 0.3) is 0 Å². The predicted molar refractivity (Wildman–Crippen MR) is 82.9 cm³/mol. The molecule has 0 spiro atoms. The summed E-state index contributed by atoms with van der Waals surface area (Å²) in [5.74, 6) is 0.110. The van der Waals surface area contributed by atoms with E-state index in [9.17, 15) is 4.79 Å². The van der Waals surface area contributed by atoms with Gasteiger partial charge in [-0.15, -0.1) is 0 Å². The lowest BCUT2D eigenvalue weighted by Crippen LogP contribution is -2.21. The Kier molecular flexibility index (Phi) is 5.49. The van der Waals surface area contributed by atoms with E-state index < -0.39 is 0 Å². The number of hydrogen-bond donors (Lipinski definition) is 1. The quantitative estimate of drug-likeness (QED) is 0.851. The van der Waals surface area contributed by atoms with Crippen molar-refractivity contribution < 1.29 is 4.79 Å². The number of rotatable bonds is 7. The first-order chi connectivity index (χ1) is 10.2. The molecule has 5 heteroatoms. The number of aromatic nitrogens is 3. The molecule has 112 valence electrons. The molecule has 1 aromatic carbocycles. The third kappa shape index (κ3) is 4.41. The lowest BCUT2D eigenvalue weighted by molar-refractivity contribution is -0.119. The molecule has 1 amide bonds. The van der Waals surface area contributed by atoms with Crippen LogP contribution in [0.3, 0.4) is 0 Å². The molecule has 2 rings (SSSR count). The van der Waals surface area contributed by atoms with E-state index in [1.54, 1.807) is 11.0 Å². The van der Waals surface area contributed by atoms with Gasteiger partial charge < -0.3 is 5.32 Å². The number of nitrogens with one attached hydrogen (secondary N) is 1. The van der Waals surface area contributed by atoms with Gasteiger partial charge in [0, 0.05) is 11.6 Å². The average Bonchev–Trinajstić information content (AvgIpc) is 2.99. The largest absolute Gasteiger partial charge is 0.326 e. The van der Waals surface area contributed by atoms with Crippen molar-refractivity contribution in [3.05, 3.63) is 42.5 Å². The molecule has 0 aliphatic carbocycles. The molecular weight excluding hydrogens is 264 g/mol. The van der Waals surface area contributed by atoms with Crippen molar-refractivity contribution in [3.8, 4) is 0 Å². The van der Waals surface area contributed by atoms with Crippen LogP contribution in [0.2, 0.25) is 0 Å². The zero-order valence-electron chi connectivity index (χ0n) is 12.6. The summed E-state index contributed by atoms with van der Waals surface area (Å²) in [4.78, 5) is 16.2. The van der Waals surface area contributed by atoms with Gasteiger partial charge in [0.2, 0.25) is 5.91 Å². The Morgan fingerprint density at radius 3 is 2.90 bits per heavy atom. The molecule has 2 aromatic rings. The van der Waals surface area contributed by atoms with Crippen LogP contribution in [-0.2, 0) is 11.3 Å². The number of carbonyl (C=O) groups is 1. The zero-order chi connectivity index (χ0) is 15.1. The minimum atomic E-state index is 0.0318. The number of carbonyl (C=O) groups excluding carboxylic acids is 1. The van der Waals surface area contributed by atoms with Gasteiger partial charge in [0.25, 0.3) is 0 Å². The van der Waals surface area contributed by atoms with Gasteiger partial charge in [0.15, 0.2) is 0 Å². The first kappa shape index (κ1) is 15.2. The summed E-state index contributed by atoms with van der Waals surface area (Å²) in [6.45, 7) is 4.71. The van der Waals surface area contributed by atoms with E-state index in [4.69, 9.17) is 0 Å². The highest BCUT2D eigenvalue weighted by Gasteiger charge is 2.14. The van der Waals surface area contributed by atoms with Gasteiger partial charge in [-0.05, 0) is 18.1 Å². The van der Waals surface area contributed by atoms with Crippen LogP contribution >= 0.6 is 0 Å². The minimum absolute atomic E-state index is 0.0318. The molecule has 5 nitrogen and oxygen atoms in total. The molecule has 1 unspecified atom stereocenters. The summed E-state index contributed by atoms with van der Waals surface area (Å²) in [5, 5.41) is 7.13. The van der Waals surface area contributed by atoms with Gasteiger partial charge >= 0.3 is 0 Å². The summed E-state index contributed by atoms with van der Waals surface area (Å²) < 4.78 is 1.74. The summed E-state index contributed by atoms with van der Waals surface area (Å²) in [7, 11) is 0. The van der Waals surface area contributed by atoms with Crippen LogP contribution in [0.5, 0.6) is 0 Å². The van der Waals surface area contributed by atoms with E-state index in [0.717, 1.165) is 30.5 Å². The highest BCUT2D eigenvalue weighted by molar-refractivity contribution is 5.93. The zero-order valence-corrected chi connectivity index (χ0v) is 12.6. The van der Waals surface area contributed by atoms with Gasteiger partial charge in [0.05, 0.1) is 6.54 Å². The number of anilines is 1. The predicted octanol–water partition coefficient (Wildman–Crippen LogP) is 3.09. The molecular formula is C16H22N4O. The van der Waals surface area contributed by atoms with Crippen LogP contribution in [0, 0.1) is 5.92 Å². The highest BCUT2D eigenvalue weighted by atomic mass is 16.1. The molecule has 0 radical (unpaired) electrons. The second kappa shape index (κ2) is 7.57. The van der Waals surface area contributed by atoms with Crippen molar-refractivity contribution >= 4 is 11.6 Å². The van der Waals surface area contributed by atoms with Gasteiger partial charge in [-0.3, -0.25) is 4.79 Å². The maximum Gasteiger partial charge on any atom is 0.227 e. The lowest BCUT2D eigenvalue weighted by Gasteiger charge is -2.14. The third-order valence-corrected chi connectivity index (χ3v) is 3.51. The fourth-order valence-electron chi connectivity index (χ4n) is 2.17. The topological polar surface area (TPSA) is 59.8 Å². The van der Waals surface area contributed by atoms with E-state index in [0.29, 0.717) is 6.54 Å². The first-order valence-corrected chi connectivity index (χ1v) is 7.42. The van der Waals surface area contributed by atoms with Gasteiger partial charge in [-0.25, -0.2) is 9.67 Å². The van der Waals surface area contributed by atoms with E-state index in [1.165, 1.54) is 6.33 Å². The summed E-state index contributed by atoms with van der Waals surface area (Å²) in [6, 6.07) is 7.81. The second-order valence-corrected chi connectivity index (χ2v) is 5.28. The van der Waals surface area contributed by atoms with Crippen molar-refractivity contribution in [1.82, 2.24) is 14.8 Å². The maximum absolute atomic E-state index is 12.2. The molecule has 0 saturated heterocycles. The molecule has 0 aliphatic rings. The van der Waals surface area contributed by atoms with Crippen LogP contribution in [-0.4, -0.2) is 20.7 Å². The van der Waals surface area contributed by atoms with Crippen molar-refractivity contribution in [2.75, 3.05) is 5.32 Å². The Morgan fingerprint density at radius 2 is 2.19 bits per heavy atom. The van der Waals surface area contributed by atoms with Crippen molar-refractivity contribution in [3.63, 3.8) is 0 Å².